The first-order valence-electron chi connectivity index (χ1n) is 8.70. The van der Waals surface area contributed by atoms with Crippen molar-refractivity contribution in [1.82, 2.24) is 0 Å². The second-order valence-electron chi connectivity index (χ2n) is 5.86. The molecule has 0 amide bonds. The molecule has 0 N–H and O–H groups in total. The molecule has 7 heteroatoms. The number of aryl methyl sites for hydroxylation is 1. The Bertz CT molecular complexity index is 941. The molecule has 0 aliphatic heterocycles. The molecule has 2 saturated carbocycles. The van der Waals surface area contributed by atoms with Gasteiger partial charge in [-0.25, -0.2) is 14.4 Å². The van der Waals surface area contributed by atoms with E-state index in [1.54, 1.807) is 32.6 Å². The van der Waals surface area contributed by atoms with E-state index < -0.39 is 17.2 Å². The van der Waals surface area contributed by atoms with Gasteiger partial charge in [0.05, 0.1) is 6.61 Å². The molecular weight excluding hydrogens is 416 g/mol. The summed E-state index contributed by atoms with van der Waals surface area (Å²) < 4.78 is 15.2. The van der Waals surface area contributed by atoms with Gasteiger partial charge in [-0.05, 0) is 77.7 Å². The van der Waals surface area contributed by atoms with Crippen molar-refractivity contribution in [2.75, 3.05) is 6.61 Å². The van der Waals surface area contributed by atoms with Crippen molar-refractivity contribution >= 4 is 16.7 Å². The molecule has 0 aromatic carbocycles. The molecule has 2 aromatic rings. The predicted molar refractivity (Wildman–Crippen MR) is 103 cm³/mol. The van der Waals surface area contributed by atoms with E-state index in [-0.39, 0.29) is 51.5 Å². The Morgan fingerprint density at radius 2 is 1.48 bits per heavy atom. The second kappa shape index (κ2) is 10.8. The summed E-state index contributed by atoms with van der Waals surface area (Å²) in [7, 11) is 0. The summed E-state index contributed by atoms with van der Waals surface area (Å²) in [5, 5.41) is -0.126. The van der Waals surface area contributed by atoms with Crippen molar-refractivity contribution in [3.8, 4) is 0 Å². The van der Waals surface area contributed by atoms with Gasteiger partial charge < -0.3 is 13.6 Å². The molecule has 6 nitrogen and oxygen atoms in total. The predicted octanol–water partition coefficient (Wildman–Crippen LogP) is 3.00. The van der Waals surface area contributed by atoms with E-state index in [1.165, 1.54) is 13.0 Å². The molecular formula is C22H18FeO6+2. The van der Waals surface area contributed by atoms with E-state index >= 15 is 0 Å². The first kappa shape index (κ1) is 23.4. The Hall–Kier alpha value is -1.85. The van der Waals surface area contributed by atoms with E-state index in [2.05, 4.69) is 0 Å². The zero-order valence-corrected chi connectivity index (χ0v) is 16.9. The molecule has 2 aromatic heterocycles. The smallest absolute Gasteiger partial charge is 0.462 e. The third kappa shape index (κ3) is 5.40. The van der Waals surface area contributed by atoms with Crippen molar-refractivity contribution in [3.05, 3.63) is 108 Å². The van der Waals surface area contributed by atoms with E-state index in [0.29, 0.717) is 5.92 Å². The third-order valence-corrected chi connectivity index (χ3v) is 4.01. The SMILES string of the molecule is CCOC(=O)c1c(C)oc(=O)c2c(=O)oc([C]3[CH][CH][CH][CH]3)cc12.[CH]1[CH][CH][CH][CH]1.[Fe+2]. The molecule has 2 aliphatic carbocycles. The maximum Gasteiger partial charge on any atom is 2.00 e. The Kier molecular flexibility index (Phi) is 8.72. The van der Waals surface area contributed by atoms with Gasteiger partial charge >= 0.3 is 34.3 Å². The van der Waals surface area contributed by atoms with Crippen LogP contribution in [0.5, 0.6) is 0 Å². The topological polar surface area (TPSA) is 86.7 Å². The third-order valence-electron chi connectivity index (χ3n) is 4.01. The van der Waals surface area contributed by atoms with Gasteiger partial charge in [0.1, 0.15) is 17.1 Å². The van der Waals surface area contributed by atoms with Crippen LogP contribution in [0.15, 0.2) is 24.5 Å². The van der Waals surface area contributed by atoms with Crippen molar-refractivity contribution < 1.29 is 35.4 Å². The van der Waals surface area contributed by atoms with Gasteiger partial charge in [-0.15, -0.1) is 0 Å². The van der Waals surface area contributed by atoms with Crippen LogP contribution in [0.1, 0.15) is 28.8 Å². The van der Waals surface area contributed by atoms with Gasteiger partial charge in [-0.3, -0.25) is 0 Å². The van der Waals surface area contributed by atoms with Crippen molar-refractivity contribution in [1.29, 1.82) is 0 Å². The first-order chi connectivity index (χ1) is 13.5. The molecule has 0 saturated heterocycles. The zero-order valence-electron chi connectivity index (χ0n) is 15.8. The fraction of sp³-hybridized carbons (Fsp3) is 0.136. The summed E-state index contributed by atoms with van der Waals surface area (Å²) >= 11 is 0. The van der Waals surface area contributed by atoms with Gasteiger partial charge in [0.2, 0.25) is 0 Å². The minimum absolute atomic E-state index is 0. The van der Waals surface area contributed by atoms with Crippen LogP contribution in [0.3, 0.4) is 0 Å². The number of carbonyl (C=O) groups excluding carboxylic acids is 1. The minimum Gasteiger partial charge on any atom is -0.462 e. The molecule has 2 aliphatic rings. The Morgan fingerprint density at radius 3 is 2.03 bits per heavy atom. The summed E-state index contributed by atoms with van der Waals surface area (Å²) in [4.78, 5) is 36.3. The standard InChI is InChI=1S/C17H13O6.C5H5.Fe/c1-3-21-15(18)13-9(2)22-16(19)14-11(13)8-12(23-17(14)20)10-6-4-5-7-10;1-2-4-5-3-1;/h4-8H,3H2,1-2H3;1-5H;/q;;+2. The van der Waals surface area contributed by atoms with Crippen LogP contribution in [0.2, 0.25) is 0 Å². The van der Waals surface area contributed by atoms with Gasteiger partial charge in [-0.1, -0.05) is 0 Å². The molecule has 10 radical (unpaired) electrons. The average Bonchev–Trinajstić information content (AvgIpc) is 3.38. The number of esters is 1. The molecule has 29 heavy (non-hydrogen) atoms. The molecule has 0 spiro atoms. The van der Waals surface area contributed by atoms with Crippen molar-refractivity contribution in [3.63, 3.8) is 0 Å². The van der Waals surface area contributed by atoms with Gasteiger partial charge in [0.25, 0.3) is 0 Å². The molecule has 0 atom stereocenters. The van der Waals surface area contributed by atoms with Gasteiger partial charge in [0.15, 0.2) is 5.39 Å². The molecule has 4 rings (SSSR count). The van der Waals surface area contributed by atoms with E-state index in [9.17, 15) is 14.4 Å². The first-order valence-corrected chi connectivity index (χ1v) is 8.70. The summed E-state index contributed by atoms with van der Waals surface area (Å²) in [5.74, 6) is 0.380. The normalized spacial score (nSPS) is 16.2. The number of fused-ring (bicyclic) bond motifs is 1. The van der Waals surface area contributed by atoms with Gasteiger partial charge in [0, 0.05) is 11.3 Å². The van der Waals surface area contributed by atoms with Crippen LogP contribution in [0.25, 0.3) is 10.8 Å². The minimum atomic E-state index is -0.849. The summed E-state index contributed by atoms with van der Waals surface area (Å²) in [6.45, 7) is 3.30. The quantitative estimate of drug-likeness (QED) is 0.546. The van der Waals surface area contributed by atoms with Gasteiger partial charge in [-0.2, -0.15) is 0 Å². The second-order valence-corrected chi connectivity index (χ2v) is 5.86. The van der Waals surface area contributed by atoms with E-state index in [0.717, 1.165) is 0 Å². The van der Waals surface area contributed by atoms with Crippen LogP contribution >= 0.6 is 0 Å². The number of ether oxygens (including phenoxy) is 1. The molecule has 2 heterocycles. The van der Waals surface area contributed by atoms with E-state index in [1.807, 2.05) is 32.1 Å². The van der Waals surface area contributed by atoms with Crippen molar-refractivity contribution in [2.24, 2.45) is 0 Å². The molecule has 2 fully saturated rings. The van der Waals surface area contributed by atoms with Crippen LogP contribution in [0.4, 0.5) is 0 Å². The number of rotatable bonds is 3. The van der Waals surface area contributed by atoms with Crippen LogP contribution in [-0.4, -0.2) is 12.6 Å². The fourth-order valence-electron chi connectivity index (χ4n) is 2.77. The Balaban J connectivity index is 0.000000437. The number of hydrogen-bond donors (Lipinski definition) is 0. The molecule has 148 valence electrons. The maximum absolute atomic E-state index is 12.2. The summed E-state index contributed by atoms with van der Waals surface area (Å²) in [5.41, 5.74) is -1.63. The van der Waals surface area contributed by atoms with Crippen LogP contribution in [-0.2, 0) is 21.8 Å². The maximum atomic E-state index is 12.2. The van der Waals surface area contributed by atoms with E-state index in [4.69, 9.17) is 13.6 Å². The largest absolute Gasteiger partial charge is 2.00 e. The van der Waals surface area contributed by atoms with Crippen molar-refractivity contribution in [2.45, 2.75) is 13.8 Å². The Labute approximate surface area is 180 Å². The number of carbonyl (C=O) groups is 1. The summed E-state index contributed by atoms with van der Waals surface area (Å²) in [6, 6.07) is 1.49. The monoisotopic (exact) mass is 434 g/mol. The summed E-state index contributed by atoms with van der Waals surface area (Å²) in [6.07, 6.45) is 17.1. The molecule has 0 unspecified atom stereocenters. The average molecular weight is 434 g/mol. The zero-order chi connectivity index (χ0) is 20.1. The molecule has 0 bridgehead atoms. The van der Waals surface area contributed by atoms with Crippen LogP contribution < -0.4 is 11.3 Å². The number of hydrogen-bond acceptors (Lipinski definition) is 6. The Morgan fingerprint density at radius 1 is 0.931 bits per heavy atom. The fourth-order valence-corrected chi connectivity index (χ4v) is 2.77. The van der Waals surface area contributed by atoms with Crippen LogP contribution in [0, 0.1) is 70.6 Å².